The zero-order valence-corrected chi connectivity index (χ0v) is 14.3. The summed E-state index contributed by atoms with van der Waals surface area (Å²) in [5, 5.41) is 2.94. The summed E-state index contributed by atoms with van der Waals surface area (Å²) in [6.45, 7) is 8.70. The summed E-state index contributed by atoms with van der Waals surface area (Å²) in [6.07, 6.45) is 3.43. The molecule has 1 aromatic carbocycles. The Labute approximate surface area is 134 Å². The van der Waals surface area contributed by atoms with E-state index in [2.05, 4.69) is 12.2 Å². The summed E-state index contributed by atoms with van der Waals surface area (Å²) < 4.78 is 5.67. The van der Waals surface area contributed by atoms with Crippen LogP contribution in [0.5, 0.6) is 5.75 Å². The van der Waals surface area contributed by atoms with Crippen LogP contribution in [0.1, 0.15) is 52.5 Å². The molecule has 4 nitrogen and oxygen atoms in total. The van der Waals surface area contributed by atoms with E-state index >= 15 is 0 Å². The van der Waals surface area contributed by atoms with Crippen molar-refractivity contribution in [2.24, 2.45) is 11.7 Å². The summed E-state index contributed by atoms with van der Waals surface area (Å²) in [5.41, 5.74) is 7.98. The molecular weight excluding hydrogens is 276 g/mol. The maximum atomic E-state index is 11.9. The second-order valence-electron chi connectivity index (χ2n) is 6.16. The van der Waals surface area contributed by atoms with Crippen molar-refractivity contribution >= 4 is 11.6 Å². The first-order valence-electron chi connectivity index (χ1n) is 8.27. The van der Waals surface area contributed by atoms with Crippen LogP contribution in [0.2, 0.25) is 0 Å². The molecule has 4 heteroatoms. The maximum absolute atomic E-state index is 11.9. The number of hydrogen-bond donors (Lipinski definition) is 2. The van der Waals surface area contributed by atoms with Crippen LogP contribution in [0.15, 0.2) is 18.2 Å². The van der Waals surface area contributed by atoms with Gasteiger partial charge in [-0.25, -0.2) is 0 Å². The Morgan fingerprint density at radius 2 is 2.05 bits per heavy atom. The quantitative estimate of drug-likeness (QED) is 0.730. The second-order valence-corrected chi connectivity index (χ2v) is 6.16. The molecule has 124 valence electrons. The lowest BCUT2D eigenvalue weighted by molar-refractivity contribution is -0.116. The fraction of sp³-hybridized carbons (Fsp3) is 0.611. The van der Waals surface area contributed by atoms with Crippen LogP contribution < -0.4 is 15.8 Å². The minimum absolute atomic E-state index is 0.0198. The molecule has 1 atom stereocenters. The van der Waals surface area contributed by atoms with Gasteiger partial charge in [0.25, 0.3) is 0 Å². The molecular formula is C18H30N2O2. The van der Waals surface area contributed by atoms with Crippen LogP contribution in [0, 0.1) is 5.92 Å². The van der Waals surface area contributed by atoms with E-state index in [4.69, 9.17) is 10.5 Å². The summed E-state index contributed by atoms with van der Waals surface area (Å²) >= 11 is 0. The van der Waals surface area contributed by atoms with Gasteiger partial charge in [-0.2, -0.15) is 0 Å². The third kappa shape index (κ3) is 6.48. The number of hydrogen-bond acceptors (Lipinski definition) is 3. The fourth-order valence-corrected chi connectivity index (χ4v) is 2.42. The molecule has 1 aromatic rings. The number of anilines is 1. The molecule has 0 aliphatic carbocycles. The summed E-state index contributed by atoms with van der Waals surface area (Å²) in [5.74, 6) is 1.08. The predicted molar refractivity (Wildman–Crippen MR) is 92.3 cm³/mol. The van der Waals surface area contributed by atoms with Gasteiger partial charge in [-0.05, 0) is 43.4 Å². The predicted octanol–water partition coefficient (Wildman–Crippen LogP) is 3.74. The van der Waals surface area contributed by atoms with Crippen molar-refractivity contribution in [2.45, 2.75) is 59.4 Å². The molecule has 1 amide bonds. The van der Waals surface area contributed by atoms with Crippen molar-refractivity contribution in [1.29, 1.82) is 0 Å². The van der Waals surface area contributed by atoms with E-state index in [1.165, 1.54) is 0 Å². The Morgan fingerprint density at radius 3 is 2.64 bits per heavy atom. The molecule has 0 saturated heterocycles. The van der Waals surface area contributed by atoms with E-state index in [1.54, 1.807) is 0 Å². The zero-order chi connectivity index (χ0) is 16.5. The molecule has 0 aromatic heterocycles. The fourth-order valence-electron chi connectivity index (χ4n) is 2.42. The molecule has 0 heterocycles. The Morgan fingerprint density at radius 1 is 1.32 bits per heavy atom. The van der Waals surface area contributed by atoms with Gasteiger partial charge in [-0.3, -0.25) is 4.79 Å². The minimum Gasteiger partial charge on any atom is -0.492 e. The van der Waals surface area contributed by atoms with E-state index in [0.29, 0.717) is 18.9 Å². The molecule has 0 fully saturated rings. The van der Waals surface area contributed by atoms with Crippen molar-refractivity contribution in [3.63, 3.8) is 0 Å². The SMILES string of the molecule is CCCC(N)Cc1ccc(NC(=O)CC(C)C)c(OCC)c1. The Balaban J connectivity index is 2.82. The van der Waals surface area contributed by atoms with Gasteiger partial charge in [-0.1, -0.05) is 33.3 Å². The standard InChI is InChI=1S/C18H30N2O2/c1-5-7-15(19)11-14-8-9-16(17(12-14)22-6-2)20-18(21)10-13(3)4/h8-9,12-13,15H,5-7,10-11,19H2,1-4H3,(H,20,21). The van der Waals surface area contributed by atoms with E-state index in [1.807, 2.05) is 39.0 Å². The number of nitrogens with two attached hydrogens (primary N) is 1. The third-order valence-corrected chi connectivity index (χ3v) is 3.37. The smallest absolute Gasteiger partial charge is 0.224 e. The maximum Gasteiger partial charge on any atom is 0.224 e. The number of carbonyl (C=O) groups excluding carboxylic acids is 1. The van der Waals surface area contributed by atoms with E-state index in [-0.39, 0.29) is 11.9 Å². The highest BCUT2D eigenvalue weighted by Crippen LogP contribution is 2.27. The highest BCUT2D eigenvalue weighted by molar-refractivity contribution is 5.92. The van der Waals surface area contributed by atoms with Crippen LogP contribution in [-0.4, -0.2) is 18.6 Å². The number of ether oxygens (including phenoxy) is 1. The average molecular weight is 306 g/mol. The van der Waals surface area contributed by atoms with Crippen molar-refractivity contribution in [1.82, 2.24) is 0 Å². The Hall–Kier alpha value is -1.55. The van der Waals surface area contributed by atoms with Gasteiger partial charge in [0.15, 0.2) is 0 Å². The largest absolute Gasteiger partial charge is 0.492 e. The van der Waals surface area contributed by atoms with Crippen LogP contribution in [-0.2, 0) is 11.2 Å². The lowest BCUT2D eigenvalue weighted by atomic mass is 10.0. The molecule has 0 spiro atoms. The van der Waals surface area contributed by atoms with Crippen molar-refractivity contribution in [2.75, 3.05) is 11.9 Å². The first-order valence-corrected chi connectivity index (χ1v) is 8.27. The number of benzene rings is 1. The number of carbonyl (C=O) groups is 1. The molecule has 3 N–H and O–H groups in total. The van der Waals surface area contributed by atoms with Gasteiger partial charge < -0.3 is 15.8 Å². The normalized spacial score (nSPS) is 12.3. The monoisotopic (exact) mass is 306 g/mol. The Kier molecular flexibility index (Phi) is 7.96. The average Bonchev–Trinajstić information content (AvgIpc) is 2.41. The molecule has 0 aliphatic rings. The van der Waals surface area contributed by atoms with Gasteiger partial charge in [-0.15, -0.1) is 0 Å². The van der Waals surface area contributed by atoms with Crippen LogP contribution in [0.3, 0.4) is 0 Å². The summed E-state index contributed by atoms with van der Waals surface area (Å²) in [6, 6.07) is 6.09. The van der Waals surface area contributed by atoms with Gasteiger partial charge in [0.2, 0.25) is 5.91 Å². The molecule has 0 saturated carbocycles. The van der Waals surface area contributed by atoms with Crippen LogP contribution in [0.25, 0.3) is 0 Å². The summed E-state index contributed by atoms with van der Waals surface area (Å²) in [7, 11) is 0. The molecule has 22 heavy (non-hydrogen) atoms. The van der Waals surface area contributed by atoms with E-state index in [9.17, 15) is 4.79 Å². The van der Waals surface area contributed by atoms with Gasteiger partial charge in [0.05, 0.1) is 12.3 Å². The zero-order valence-electron chi connectivity index (χ0n) is 14.3. The lowest BCUT2D eigenvalue weighted by Crippen LogP contribution is -2.22. The topological polar surface area (TPSA) is 64.3 Å². The highest BCUT2D eigenvalue weighted by atomic mass is 16.5. The van der Waals surface area contributed by atoms with Crippen molar-refractivity contribution < 1.29 is 9.53 Å². The molecule has 1 rings (SSSR count). The van der Waals surface area contributed by atoms with Gasteiger partial charge >= 0.3 is 0 Å². The number of amides is 1. The lowest BCUT2D eigenvalue weighted by Gasteiger charge is -2.15. The Bertz CT molecular complexity index is 472. The molecule has 1 unspecified atom stereocenters. The van der Waals surface area contributed by atoms with Crippen LogP contribution >= 0.6 is 0 Å². The molecule has 0 radical (unpaired) electrons. The van der Waals surface area contributed by atoms with Crippen molar-refractivity contribution in [3.05, 3.63) is 23.8 Å². The number of nitrogens with one attached hydrogen (secondary N) is 1. The number of rotatable bonds is 9. The minimum atomic E-state index is 0.0198. The highest BCUT2D eigenvalue weighted by Gasteiger charge is 2.11. The molecule has 0 aliphatic heterocycles. The van der Waals surface area contributed by atoms with E-state index < -0.39 is 0 Å². The van der Waals surface area contributed by atoms with Crippen molar-refractivity contribution in [3.8, 4) is 5.75 Å². The van der Waals surface area contributed by atoms with Gasteiger partial charge in [0.1, 0.15) is 5.75 Å². The third-order valence-electron chi connectivity index (χ3n) is 3.37. The summed E-state index contributed by atoms with van der Waals surface area (Å²) in [4.78, 5) is 11.9. The van der Waals surface area contributed by atoms with Gasteiger partial charge in [0, 0.05) is 12.5 Å². The second kappa shape index (κ2) is 9.46. The van der Waals surface area contributed by atoms with E-state index in [0.717, 1.165) is 36.3 Å². The first-order chi connectivity index (χ1) is 10.5. The first kappa shape index (κ1) is 18.5. The molecule has 0 bridgehead atoms. The van der Waals surface area contributed by atoms with Crippen LogP contribution in [0.4, 0.5) is 5.69 Å².